The minimum Gasteiger partial charge on any atom is -0.493 e. The summed E-state index contributed by atoms with van der Waals surface area (Å²) in [5.74, 6) is 1.90. The van der Waals surface area contributed by atoms with E-state index in [2.05, 4.69) is 26.1 Å². The molecule has 0 bridgehead atoms. The van der Waals surface area contributed by atoms with Crippen molar-refractivity contribution in [1.82, 2.24) is 5.32 Å². The number of hydrogen-bond acceptors (Lipinski definition) is 4. The van der Waals surface area contributed by atoms with Crippen molar-refractivity contribution in [3.05, 3.63) is 53.6 Å². The van der Waals surface area contributed by atoms with Gasteiger partial charge in [0.15, 0.2) is 17.6 Å². The molecule has 0 fully saturated rings. The molecule has 1 unspecified atom stereocenters. The van der Waals surface area contributed by atoms with E-state index in [1.54, 1.807) is 7.11 Å². The van der Waals surface area contributed by atoms with Gasteiger partial charge in [0, 0.05) is 6.54 Å². The number of rotatable bonds is 9. The Labute approximate surface area is 180 Å². The van der Waals surface area contributed by atoms with Crippen molar-refractivity contribution in [2.75, 3.05) is 7.11 Å². The zero-order valence-corrected chi connectivity index (χ0v) is 19.2. The van der Waals surface area contributed by atoms with Gasteiger partial charge < -0.3 is 19.5 Å². The van der Waals surface area contributed by atoms with E-state index in [0.717, 1.165) is 5.56 Å². The molecule has 5 nitrogen and oxygen atoms in total. The quantitative estimate of drug-likeness (QED) is 0.610. The highest BCUT2D eigenvalue weighted by molar-refractivity contribution is 5.81. The van der Waals surface area contributed by atoms with E-state index in [1.165, 1.54) is 5.56 Å². The molecule has 0 aromatic heterocycles. The van der Waals surface area contributed by atoms with Gasteiger partial charge in [-0.1, -0.05) is 45.9 Å². The maximum absolute atomic E-state index is 12.7. The first-order chi connectivity index (χ1) is 14.1. The van der Waals surface area contributed by atoms with Crippen LogP contribution in [0.1, 0.15) is 59.1 Å². The van der Waals surface area contributed by atoms with Gasteiger partial charge in [-0.15, -0.1) is 0 Å². The van der Waals surface area contributed by atoms with Crippen LogP contribution >= 0.6 is 0 Å². The second-order valence-corrected chi connectivity index (χ2v) is 8.66. The molecule has 1 atom stereocenters. The highest BCUT2D eigenvalue weighted by Gasteiger charge is 2.19. The van der Waals surface area contributed by atoms with Gasteiger partial charge in [0.05, 0.1) is 13.2 Å². The van der Waals surface area contributed by atoms with E-state index in [0.29, 0.717) is 30.2 Å². The summed E-state index contributed by atoms with van der Waals surface area (Å²) < 4.78 is 17.1. The molecule has 0 heterocycles. The van der Waals surface area contributed by atoms with E-state index in [-0.39, 0.29) is 17.4 Å². The van der Waals surface area contributed by atoms with Crippen molar-refractivity contribution in [3.63, 3.8) is 0 Å². The number of ether oxygens (including phenoxy) is 3. The number of carbonyl (C=O) groups is 1. The van der Waals surface area contributed by atoms with Gasteiger partial charge in [-0.25, -0.2) is 0 Å². The summed E-state index contributed by atoms with van der Waals surface area (Å²) in [4.78, 5) is 12.7. The van der Waals surface area contributed by atoms with Gasteiger partial charge in [-0.2, -0.15) is 0 Å². The Kier molecular flexibility index (Phi) is 8.16. The van der Waals surface area contributed by atoms with Crippen molar-refractivity contribution in [2.45, 2.75) is 72.1 Å². The van der Waals surface area contributed by atoms with Gasteiger partial charge in [0.25, 0.3) is 5.91 Å². The molecule has 5 heteroatoms. The van der Waals surface area contributed by atoms with E-state index in [4.69, 9.17) is 14.2 Å². The highest BCUT2D eigenvalue weighted by Crippen LogP contribution is 2.29. The summed E-state index contributed by atoms with van der Waals surface area (Å²) in [6, 6.07) is 13.6. The molecule has 0 aliphatic carbocycles. The molecule has 0 saturated heterocycles. The van der Waals surface area contributed by atoms with E-state index in [1.807, 2.05) is 63.2 Å². The summed E-state index contributed by atoms with van der Waals surface area (Å²) in [6.45, 7) is 12.8. The molecule has 0 aliphatic heterocycles. The number of nitrogens with one attached hydrogen (secondary N) is 1. The SMILES string of the molecule is CCC(Oc1ccc(C(C)(C)C)cc1)C(=O)NCc1ccc(OC(C)C)c(OC)c1. The normalized spacial score (nSPS) is 12.4. The molecule has 0 radical (unpaired) electrons. The monoisotopic (exact) mass is 413 g/mol. The second kappa shape index (κ2) is 10.4. The van der Waals surface area contributed by atoms with Gasteiger partial charge in [-0.05, 0) is 61.1 Å². The van der Waals surface area contributed by atoms with Crippen LogP contribution in [-0.4, -0.2) is 25.2 Å². The van der Waals surface area contributed by atoms with Crippen LogP contribution < -0.4 is 19.5 Å². The fourth-order valence-electron chi connectivity index (χ4n) is 3.00. The van der Waals surface area contributed by atoms with Crippen LogP contribution in [0.2, 0.25) is 0 Å². The Hall–Kier alpha value is -2.69. The first-order valence-electron chi connectivity index (χ1n) is 10.5. The summed E-state index contributed by atoms with van der Waals surface area (Å²) in [6.07, 6.45) is 0.0949. The number of benzene rings is 2. The first-order valence-corrected chi connectivity index (χ1v) is 10.5. The molecule has 0 spiro atoms. The molecule has 1 amide bonds. The molecule has 1 N–H and O–H groups in total. The van der Waals surface area contributed by atoms with E-state index >= 15 is 0 Å². The average Bonchev–Trinajstić information content (AvgIpc) is 2.70. The van der Waals surface area contributed by atoms with Crippen molar-refractivity contribution in [1.29, 1.82) is 0 Å². The van der Waals surface area contributed by atoms with Crippen molar-refractivity contribution in [2.24, 2.45) is 0 Å². The number of methoxy groups -OCH3 is 1. The van der Waals surface area contributed by atoms with Crippen molar-refractivity contribution >= 4 is 5.91 Å². The molecule has 0 aliphatic rings. The van der Waals surface area contributed by atoms with Gasteiger partial charge in [0.1, 0.15) is 5.75 Å². The van der Waals surface area contributed by atoms with Crippen LogP contribution in [0.5, 0.6) is 17.2 Å². The predicted molar refractivity (Wildman–Crippen MR) is 120 cm³/mol. The van der Waals surface area contributed by atoms with Crippen molar-refractivity contribution < 1.29 is 19.0 Å². The Morgan fingerprint density at radius 1 is 1.00 bits per heavy atom. The molecule has 30 heavy (non-hydrogen) atoms. The lowest BCUT2D eigenvalue weighted by Gasteiger charge is -2.21. The van der Waals surface area contributed by atoms with Gasteiger partial charge in [0.2, 0.25) is 0 Å². The third-order valence-corrected chi connectivity index (χ3v) is 4.72. The van der Waals surface area contributed by atoms with Crippen LogP contribution in [-0.2, 0) is 16.8 Å². The summed E-state index contributed by atoms with van der Waals surface area (Å²) >= 11 is 0. The van der Waals surface area contributed by atoms with Crippen LogP contribution in [0, 0.1) is 0 Å². The Morgan fingerprint density at radius 3 is 2.20 bits per heavy atom. The van der Waals surface area contributed by atoms with E-state index < -0.39 is 6.10 Å². The zero-order valence-electron chi connectivity index (χ0n) is 19.2. The lowest BCUT2D eigenvalue weighted by Crippen LogP contribution is -2.37. The summed E-state index contributed by atoms with van der Waals surface area (Å²) in [7, 11) is 1.61. The molecule has 2 rings (SSSR count). The number of carbonyl (C=O) groups excluding carboxylic acids is 1. The average molecular weight is 414 g/mol. The maximum Gasteiger partial charge on any atom is 0.261 e. The van der Waals surface area contributed by atoms with Crippen LogP contribution in [0.4, 0.5) is 0 Å². The molecule has 2 aromatic rings. The Balaban J connectivity index is 1.98. The minimum absolute atomic E-state index is 0.0596. The topological polar surface area (TPSA) is 56.8 Å². The summed E-state index contributed by atoms with van der Waals surface area (Å²) in [5.41, 5.74) is 2.24. The standard InChI is InChI=1S/C25H35NO4/c1-8-21(30-20-12-10-19(11-13-20)25(4,5)6)24(27)26-16-18-9-14-22(29-17(2)3)23(15-18)28-7/h9-15,17,21H,8,16H2,1-7H3,(H,26,27). The number of amides is 1. The zero-order chi connectivity index (χ0) is 22.3. The Bertz CT molecular complexity index is 822. The van der Waals surface area contributed by atoms with Gasteiger partial charge in [-0.3, -0.25) is 4.79 Å². The lowest BCUT2D eigenvalue weighted by atomic mass is 9.87. The third kappa shape index (κ3) is 6.68. The predicted octanol–water partition coefficient (Wildman–Crippen LogP) is 5.25. The maximum atomic E-state index is 12.7. The molecular weight excluding hydrogens is 378 g/mol. The van der Waals surface area contributed by atoms with E-state index in [9.17, 15) is 4.79 Å². The molecular formula is C25H35NO4. The fraction of sp³-hybridized carbons (Fsp3) is 0.480. The minimum atomic E-state index is -0.545. The number of hydrogen-bond donors (Lipinski definition) is 1. The lowest BCUT2D eigenvalue weighted by molar-refractivity contribution is -0.128. The second-order valence-electron chi connectivity index (χ2n) is 8.66. The summed E-state index contributed by atoms with van der Waals surface area (Å²) in [5, 5.41) is 2.96. The molecule has 164 valence electrons. The smallest absolute Gasteiger partial charge is 0.261 e. The van der Waals surface area contributed by atoms with Crippen LogP contribution in [0.3, 0.4) is 0 Å². The highest BCUT2D eigenvalue weighted by atomic mass is 16.5. The van der Waals surface area contributed by atoms with Crippen molar-refractivity contribution in [3.8, 4) is 17.2 Å². The Morgan fingerprint density at radius 2 is 1.67 bits per heavy atom. The largest absolute Gasteiger partial charge is 0.493 e. The first kappa shape index (κ1) is 23.6. The third-order valence-electron chi connectivity index (χ3n) is 4.72. The molecule has 0 saturated carbocycles. The van der Waals surface area contributed by atoms with Crippen LogP contribution in [0.25, 0.3) is 0 Å². The molecule has 2 aromatic carbocycles. The van der Waals surface area contributed by atoms with Gasteiger partial charge >= 0.3 is 0 Å². The fourth-order valence-corrected chi connectivity index (χ4v) is 3.00. The van der Waals surface area contributed by atoms with Crippen LogP contribution in [0.15, 0.2) is 42.5 Å².